The molecule has 0 bridgehead atoms. The fraction of sp³-hybridized carbons (Fsp3) is 0.400. The van der Waals surface area contributed by atoms with Crippen molar-refractivity contribution in [1.82, 2.24) is 0 Å². The van der Waals surface area contributed by atoms with Crippen molar-refractivity contribution in [3.05, 3.63) is 40.7 Å². The van der Waals surface area contributed by atoms with Crippen LogP contribution in [0.5, 0.6) is 0 Å². The molecular formula is C15H17ClFNO4S. The second kappa shape index (κ2) is 7.31. The minimum Gasteiger partial charge on any atom is -0.463 e. The Hall–Kier alpha value is -1.60. The second-order valence-electron chi connectivity index (χ2n) is 4.56. The van der Waals surface area contributed by atoms with Crippen LogP contribution in [0.4, 0.5) is 10.1 Å². The normalized spacial score (nSPS) is 25.2. The molecule has 0 aliphatic heterocycles. The number of nitrogens with one attached hydrogen (secondary N) is 1. The molecule has 0 saturated carbocycles. The maximum absolute atomic E-state index is 13.2. The van der Waals surface area contributed by atoms with Crippen LogP contribution in [0.25, 0.3) is 0 Å². The average Bonchev–Trinajstić information content (AvgIpc) is 2.52. The van der Waals surface area contributed by atoms with Gasteiger partial charge in [0, 0.05) is 5.48 Å². The highest BCUT2D eigenvalue weighted by Gasteiger charge is 2.35. The molecule has 0 fully saturated rings. The van der Waals surface area contributed by atoms with Crippen LogP contribution in [-0.2, 0) is 19.6 Å². The van der Waals surface area contributed by atoms with E-state index >= 15 is 0 Å². The smallest absolute Gasteiger partial charge is 0.335 e. The first-order valence-electron chi connectivity index (χ1n) is 8.67. The molecule has 126 valence electrons. The number of halogens is 2. The molecule has 23 heavy (non-hydrogen) atoms. The van der Waals surface area contributed by atoms with Gasteiger partial charge in [-0.3, -0.25) is 4.72 Å². The van der Waals surface area contributed by atoms with Crippen molar-refractivity contribution in [3.8, 4) is 0 Å². The molecule has 0 aromatic heterocycles. The number of carbonyl (C=O) groups is 1. The van der Waals surface area contributed by atoms with Crippen LogP contribution in [0, 0.1) is 5.82 Å². The third-order valence-corrected chi connectivity index (χ3v) is 4.75. The summed E-state index contributed by atoms with van der Waals surface area (Å²) < 4.78 is 77.6. The number of carbonyl (C=O) groups excluding carboxylic acids is 1. The molecule has 1 atom stereocenters. The van der Waals surface area contributed by atoms with Gasteiger partial charge in [-0.25, -0.2) is 17.6 Å². The van der Waals surface area contributed by atoms with E-state index in [1.807, 2.05) is 4.72 Å². The minimum absolute atomic E-state index is 0.0734. The predicted octanol–water partition coefficient (Wildman–Crippen LogP) is 3.26. The van der Waals surface area contributed by atoms with E-state index in [9.17, 15) is 17.6 Å². The van der Waals surface area contributed by atoms with Crippen molar-refractivity contribution in [2.24, 2.45) is 0 Å². The van der Waals surface area contributed by atoms with Crippen LogP contribution < -0.4 is 4.72 Å². The molecule has 1 aliphatic carbocycles. The van der Waals surface area contributed by atoms with E-state index in [-0.39, 0.29) is 17.3 Å². The second-order valence-corrected chi connectivity index (χ2v) is 6.73. The van der Waals surface area contributed by atoms with Gasteiger partial charge in [-0.15, -0.1) is 0 Å². The van der Waals surface area contributed by atoms with Gasteiger partial charge in [0.2, 0.25) is 10.0 Å². The summed E-state index contributed by atoms with van der Waals surface area (Å²) in [5.74, 6) is -1.77. The Kier molecular flexibility index (Phi) is 4.06. The van der Waals surface area contributed by atoms with Crippen LogP contribution in [0.2, 0.25) is 5.02 Å². The molecule has 0 heterocycles. The van der Waals surface area contributed by atoms with Gasteiger partial charge in [-0.1, -0.05) is 17.7 Å². The number of ether oxygens (including phenoxy) is 1. The van der Waals surface area contributed by atoms with Crippen molar-refractivity contribution < 1.29 is 27.8 Å². The number of esters is 1. The Balaban J connectivity index is 2.55. The molecule has 0 spiro atoms. The number of rotatable bonds is 5. The van der Waals surface area contributed by atoms with Gasteiger partial charge in [-0.05, 0) is 44.3 Å². The summed E-state index contributed by atoms with van der Waals surface area (Å²) in [6, 6.07) is 2.84. The summed E-state index contributed by atoms with van der Waals surface area (Å²) in [5, 5.41) is -2.48. The number of allylic oxidation sites excluding steroid dienone is 1. The maximum atomic E-state index is 13.2. The molecule has 2 rings (SSSR count). The fourth-order valence-electron chi connectivity index (χ4n) is 1.93. The summed E-state index contributed by atoms with van der Waals surface area (Å²) in [6.45, 7) is 1.42. The Morgan fingerprint density at radius 3 is 2.96 bits per heavy atom. The molecule has 1 unspecified atom stereocenters. The van der Waals surface area contributed by atoms with E-state index in [2.05, 4.69) is 0 Å². The summed E-state index contributed by atoms with van der Waals surface area (Å²) in [5.41, 5.74) is -0.745. The average molecular weight is 366 g/mol. The van der Waals surface area contributed by atoms with Crippen molar-refractivity contribution in [2.45, 2.75) is 31.3 Å². The molecule has 1 N–H and O–H groups in total. The van der Waals surface area contributed by atoms with E-state index < -0.39 is 51.8 Å². The SMILES string of the molecule is [2H]C1([2H])CC=C(C(=O)OCC)C(S(=O)(=O)Nc2ccc(F)cc2Cl)C1([2H])[2H]. The van der Waals surface area contributed by atoms with E-state index in [0.29, 0.717) is 0 Å². The van der Waals surface area contributed by atoms with Crippen LogP contribution in [0.3, 0.4) is 0 Å². The zero-order valence-corrected chi connectivity index (χ0v) is 13.7. The highest BCUT2D eigenvalue weighted by Crippen LogP contribution is 2.30. The lowest BCUT2D eigenvalue weighted by atomic mass is 9.99. The van der Waals surface area contributed by atoms with Gasteiger partial charge in [-0.2, -0.15) is 0 Å². The van der Waals surface area contributed by atoms with Crippen LogP contribution in [0.15, 0.2) is 29.8 Å². The van der Waals surface area contributed by atoms with E-state index in [1.165, 1.54) is 6.92 Å². The summed E-state index contributed by atoms with van der Waals surface area (Å²) in [4.78, 5) is 12.2. The lowest BCUT2D eigenvalue weighted by Gasteiger charge is -2.24. The largest absolute Gasteiger partial charge is 0.463 e. The van der Waals surface area contributed by atoms with Crippen LogP contribution in [0.1, 0.15) is 31.6 Å². The van der Waals surface area contributed by atoms with Crippen LogP contribution in [-0.4, -0.2) is 26.2 Å². The van der Waals surface area contributed by atoms with Crippen molar-refractivity contribution in [1.29, 1.82) is 0 Å². The molecule has 1 aliphatic rings. The number of anilines is 1. The van der Waals surface area contributed by atoms with Gasteiger partial charge >= 0.3 is 5.97 Å². The van der Waals surface area contributed by atoms with Crippen molar-refractivity contribution in [3.63, 3.8) is 0 Å². The molecule has 5 nitrogen and oxygen atoms in total. The quantitative estimate of drug-likeness (QED) is 0.813. The topological polar surface area (TPSA) is 72.5 Å². The summed E-state index contributed by atoms with van der Waals surface area (Å²) in [7, 11) is -4.70. The Bertz CT molecular complexity index is 892. The monoisotopic (exact) mass is 365 g/mol. The molecule has 0 amide bonds. The number of sulfonamides is 1. The Morgan fingerprint density at radius 2 is 2.30 bits per heavy atom. The van der Waals surface area contributed by atoms with Crippen molar-refractivity contribution >= 4 is 33.3 Å². The number of hydrogen-bond acceptors (Lipinski definition) is 4. The van der Waals surface area contributed by atoms with E-state index in [4.69, 9.17) is 21.8 Å². The summed E-state index contributed by atoms with van der Waals surface area (Å²) >= 11 is 5.81. The lowest BCUT2D eigenvalue weighted by Crippen LogP contribution is -2.34. The lowest BCUT2D eigenvalue weighted by molar-refractivity contribution is -0.138. The first-order chi connectivity index (χ1) is 12.3. The third-order valence-electron chi connectivity index (χ3n) is 2.94. The van der Waals surface area contributed by atoms with Gasteiger partial charge in [0.25, 0.3) is 0 Å². The van der Waals surface area contributed by atoms with Gasteiger partial charge in [0.05, 0.1) is 22.9 Å². The summed E-state index contributed by atoms with van der Waals surface area (Å²) in [6.07, 6.45) is -5.00. The van der Waals surface area contributed by atoms with Gasteiger partial charge < -0.3 is 4.74 Å². The Labute approximate surface area is 145 Å². The zero-order valence-electron chi connectivity index (χ0n) is 16.1. The van der Waals surface area contributed by atoms with Crippen LogP contribution >= 0.6 is 11.6 Å². The third kappa shape index (κ3) is 4.23. The molecule has 1 aromatic carbocycles. The van der Waals surface area contributed by atoms with Crippen molar-refractivity contribution in [2.75, 3.05) is 11.3 Å². The minimum atomic E-state index is -4.70. The van der Waals surface area contributed by atoms with E-state index in [0.717, 1.165) is 24.3 Å². The highest BCUT2D eigenvalue weighted by atomic mass is 35.5. The van der Waals surface area contributed by atoms with Gasteiger partial charge in [0.1, 0.15) is 11.1 Å². The molecule has 0 saturated heterocycles. The maximum Gasteiger partial charge on any atom is 0.335 e. The van der Waals surface area contributed by atoms with E-state index in [1.54, 1.807) is 0 Å². The standard InChI is InChI=1S/C15H17ClFNO4S/c1-2-22-15(19)11-5-3-4-6-14(11)23(20,21)18-13-8-7-10(17)9-12(13)16/h5,7-9,14,18H,2-4,6H2,1H3/i4D2,6D2. The number of benzene rings is 1. The molecular weight excluding hydrogens is 345 g/mol. The number of hydrogen-bond donors (Lipinski definition) is 1. The Morgan fingerprint density at radius 1 is 1.57 bits per heavy atom. The highest BCUT2D eigenvalue weighted by molar-refractivity contribution is 7.93. The first-order valence-corrected chi connectivity index (χ1v) is 8.60. The first kappa shape index (κ1) is 12.8. The molecule has 0 radical (unpaired) electrons. The molecule has 1 aromatic rings. The van der Waals surface area contributed by atoms with Gasteiger partial charge in [0.15, 0.2) is 0 Å². The zero-order chi connectivity index (χ0) is 20.6. The predicted molar refractivity (Wildman–Crippen MR) is 86.3 cm³/mol. The molecule has 8 heteroatoms. The fourth-order valence-corrected chi connectivity index (χ4v) is 3.57.